The van der Waals surface area contributed by atoms with E-state index in [-0.39, 0.29) is 5.95 Å². The molecule has 1 aliphatic heterocycles. The topological polar surface area (TPSA) is 76.5 Å². The number of benzene rings is 1. The van der Waals surface area contributed by atoms with Gasteiger partial charge in [0.25, 0.3) is 0 Å². The van der Waals surface area contributed by atoms with E-state index < -0.39 is 0 Å². The van der Waals surface area contributed by atoms with Crippen molar-refractivity contribution in [2.45, 2.75) is 0 Å². The predicted molar refractivity (Wildman–Crippen MR) is 63.2 cm³/mol. The number of nitrogen functional groups attached to an aromatic ring is 1. The van der Waals surface area contributed by atoms with Gasteiger partial charge in [-0.1, -0.05) is 30.3 Å². The van der Waals surface area contributed by atoms with Gasteiger partial charge in [-0.15, -0.1) is 0 Å². The highest BCUT2D eigenvalue weighted by atomic mass is 15.1. The van der Waals surface area contributed by atoms with E-state index in [9.17, 15) is 0 Å². The third-order valence-corrected chi connectivity index (χ3v) is 2.32. The van der Waals surface area contributed by atoms with Crippen LogP contribution >= 0.6 is 0 Å². The fourth-order valence-corrected chi connectivity index (χ4v) is 1.56. The number of anilines is 1. The SMILES string of the molecule is Nc1ncc2c(n1)=NC(=Cc1ccccc1)N=2. The molecule has 0 radical (unpaired) electrons. The van der Waals surface area contributed by atoms with Crippen LogP contribution in [0.15, 0.2) is 52.3 Å². The summed E-state index contributed by atoms with van der Waals surface area (Å²) in [4.78, 5) is 16.5. The van der Waals surface area contributed by atoms with Crippen molar-refractivity contribution in [2.75, 3.05) is 5.73 Å². The van der Waals surface area contributed by atoms with E-state index in [1.165, 1.54) is 0 Å². The highest BCUT2D eigenvalue weighted by Crippen LogP contribution is 2.08. The Morgan fingerprint density at radius 2 is 1.88 bits per heavy atom. The second-order valence-electron chi connectivity index (χ2n) is 3.57. The highest BCUT2D eigenvalue weighted by molar-refractivity contribution is 5.52. The van der Waals surface area contributed by atoms with Crippen LogP contribution in [0.4, 0.5) is 5.95 Å². The first-order chi connectivity index (χ1) is 8.31. The Morgan fingerprint density at radius 1 is 1.06 bits per heavy atom. The summed E-state index contributed by atoms with van der Waals surface area (Å²) in [7, 11) is 0. The molecule has 0 amide bonds. The molecule has 5 nitrogen and oxygen atoms in total. The van der Waals surface area contributed by atoms with Crippen molar-refractivity contribution in [3.8, 4) is 0 Å². The Kier molecular flexibility index (Phi) is 2.15. The molecule has 2 N–H and O–H groups in total. The molecule has 0 spiro atoms. The van der Waals surface area contributed by atoms with Crippen LogP contribution in [0.1, 0.15) is 5.56 Å². The summed E-state index contributed by atoms with van der Waals surface area (Å²) in [6.45, 7) is 0. The molecule has 0 fully saturated rings. The van der Waals surface area contributed by atoms with Gasteiger partial charge in [-0.25, -0.2) is 15.0 Å². The molecule has 0 aliphatic carbocycles. The Morgan fingerprint density at radius 3 is 2.71 bits per heavy atom. The molecule has 1 aromatic carbocycles. The number of nitrogens with two attached hydrogens (primary N) is 1. The summed E-state index contributed by atoms with van der Waals surface area (Å²) in [5, 5.41) is 0.654. The van der Waals surface area contributed by atoms with Crippen molar-refractivity contribution in [3.63, 3.8) is 0 Å². The normalized spacial score (nSPS) is 15.2. The van der Waals surface area contributed by atoms with Crippen LogP contribution in [0, 0.1) is 0 Å². The van der Waals surface area contributed by atoms with E-state index >= 15 is 0 Å². The molecule has 0 saturated carbocycles. The summed E-state index contributed by atoms with van der Waals surface area (Å²) in [6.07, 6.45) is 3.46. The molecule has 1 aliphatic rings. The van der Waals surface area contributed by atoms with Gasteiger partial charge < -0.3 is 5.73 Å². The van der Waals surface area contributed by atoms with Crippen molar-refractivity contribution < 1.29 is 0 Å². The van der Waals surface area contributed by atoms with Gasteiger partial charge in [0.15, 0.2) is 11.3 Å². The minimum Gasteiger partial charge on any atom is -0.368 e. The minimum atomic E-state index is 0.212. The summed E-state index contributed by atoms with van der Waals surface area (Å²) < 4.78 is 0. The van der Waals surface area contributed by atoms with Gasteiger partial charge in [0.1, 0.15) is 5.36 Å². The lowest BCUT2D eigenvalue weighted by Gasteiger charge is -1.91. The molecule has 3 rings (SSSR count). The molecule has 0 atom stereocenters. The van der Waals surface area contributed by atoms with E-state index in [0.29, 0.717) is 16.7 Å². The largest absolute Gasteiger partial charge is 0.368 e. The van der Waals surface area contributed by atoms with Crippen LogP contribution in [0.5, 0.6) is 0 Å². The third-order valence-electron chi connectivity index (χ3n) is 2.32. The monoisotopic (exact) mass is 223 g/mol. The molecule has 0 bridgehead atoms. The van der Waals surface area contributed by atoms with Gasteiger partial charge in [-0.05, 0) is 11.6 Å². The summed E-state index contributed by atoms with van der Waals surface area (Å²) in [5.74, 6) is 0.828. The molecular weight excluding hydrogens is 214 g/mol. The van der Waals surface area contributed by atoms with Gasteiger partial charge in [0, 0.05) is 0 Å². The molecule has 1 aromatic heterocycles. The standard InChI is InChI=1S/C12H9N5/c13-12-14-7-9-11(17-12)16-10(15-9)6-8-4-2-1-3-5-8/h1-7H,(H2,13,16,17). The van der Waals surface area contributed by atoms with E-state index in [2.05, 4.69) is 20.0 Å². The number of fused-ring (bicyclic) bond motifs is 1. The fraction of sp³-hybridized carbons (Fsp3) is 0. The zero-order chi connectivity index (χ0) is 11.7. The van der Waals surface area contributed by atoms with E-state index in [4.69, 9.17) is 5.73 Å². The maximum Gasteiger partial charge on any atom is 0.222 e. The van der Waals surface area contributed by atoms with Gasteiger partial charge in [-0.2, -0.15) is 4.98 Å². The van der Waals surface area contributed by atoms with Crippen LogP contribution in [0.2, 0.25) is 0 Å². The third kappa shape index (κ3) is 1.90. The zero-order valence-corrected chi connectivity index (χ0v) is 8.91. The first-order valence-electron chi connectivity index (χ1n) is 5.14. The van der Waals surface area contributed by atoms with Gasteiger partial charge >= 0.3 is 0 Å². The van der Waals surface area contributed by atoms with Crippen LogP contribution in [0.25, 0.3) is 6.08 Å². The smallest absolute Gasteiger partial charge is 0.222 e. The van der Waals surface area contributed by atoms with Crippen molar-refractivity contribution >= 4 is 12.0 Å². The predicted octanol–water partition coefficient (Wildman–Crippen LogP) is 0.310. The molecule has 0 unspecified atom stereocenters. The average molecular weight is 223 g/mol. The molecule has 2 heterocycles. The van der Waals surface area contributed by atoms with Crippen molar-refractivity contribution in [1.82, 2.24) is 9.97 Å². The van der Waals surface area contributed by atoms with Gasteiger partial charge in [-0.3, -0.25) is 0 Å². The number of hydrogen-bond donors (Lipinski definition) is 1. The average Bonchev–Trinajstić information content (AvgIpc) is 2.71. The summed E-state index contributed by atoms with van der Waals surface area (Å²) >= 11 is 0. The molecular formula is C12H9N5. The fourth-order valence-electron chi connectivity index (χ4n) is 1.56. The molecule has 82 valence electrons. The van der Waals surface area contributed by atoms with Crippen molar-refractivity contribution in [3.05, 3.63) is 58.8 Å². The Labute approximate surface area is 97.1 Å². The second-order valence-corrected chi connectivity index (χ2v) is 3.57. The molecule has 17 heavy (non-hydrogen) atoms. The zero-order valence-electron chi connectivity index (χ0n) is 8.91. The van der Waals surface area contributed by atoms with Crippen LogP contribution < -0.4 is 16.6 Å². The second kappa shape index (κ2) is 3.79. The van der Waals surface area contributed by atoms with Crippen molar-refractivity contribution in [2.24, 2.45) is 9.98 Å². The Hall–Kier alpha value is -2.56. The summed E-state index contributed by atoms with van der Waals surface area (Å²) in [5.41, 5.74) is 7.06. The first kappa shape index (κ1) is 9.65. The lowest BCUT2D eigenvalue weighted by Crippen LogP contribution is -2.27. The lowest BCUT2D eigenvalue weighted by molar-refractivity contribution is 1.07. The number of hydrogen-bond acceptors (Lipinski definition) is 5. The van der Waals surface area contributed by atoms with Crippen LogP contribution in [-0.2, 0) is 0 Å². The minimum absolute atomic E-state index is 0.212. The maximum absolute atomic E-state index is 5.49. The number of rotatable bonds is 1. The van der Waals surface area contributed by atoms with Crippen molar-refractivity contribution in [1.29, 1.82) is 0 Å². The van der Waals surface area contributed by atoms with Gasteiger partial charge in [0.05, 0.1) is 6.20 Å². The van der Waals surface area contributed by atoms with E-state index in [0.717, 1.165) is 5.56 Å². The maximum atomic E-state index is 5.49. The quantitative estimate of drug-likeness (QED) is 0.755. The number of nitrogens with zero attached hydrogens (tertiary/aromatic N) is 4. The van der Waals surface area contributed by atoms with Crippen LogP contribution in [0.3, 0.4) is 0 Å². The molecule has 0 saturated heterocycles. The number of aromatic nitrogens is 2. The highest BCUT2D eigenvalue weighted by Gasteiger charge is 2.04. The molecule has 2 aromatic rings. The lowest BCUT2D eigenvalue weighted by atomic mass is 10.2. The Balaban J connectivity index is 2.08. The Bertz CT molecular complexity index is 703. The first-order valence-corrected chi connectivity index (χ1v) is 5.14. The summed E-state index contributed by atoms with van der Waals surface area (Å²) in [6, 6.07) is 9.87. The van der Waals surface area contributed by atoms with Crippen LogP contribution in [-0.4, -0.2) is 9.97 Å². The van der Waals surface area contributed by atoms with E-state index in [1.807, 2.05) is 36.4 Å². The van der Waals surface area contributed by atoms with E-state index in [1.54, 1.807) is 6.20 Å². The molecule has 5 heteroatoms. The van der Waals surface area contributed by atoms with Gasteiger partial charge in [0.2, 0.25) is 5.95 Å².